The zero-order valence-corrected chi connectivity index (χ0v) is 14.4. The molecule has 4 aliphatic rings. The monoisotopic (exact) mass is 330 g/mol. The normalized spacial score (nSPS) is 27.0. The second-order valence-corrected chi connectivity index (χ2v) is 7.64. The van der Waals surface area contributed by atoms with Gasteiger partial charge in [-0.1, -0.05) is 6.42 Å². The van der Waals surface area contributed by atoms with Crippen molar-refractivity contribution in [1.82, 2.24) is 19.6 Å². The molecule has 1 aromatic heterocycles. The minimum Gasteiger partial charge on any atom is -0.340 e. The maximum atomic E-state index is 12.8. The van der Waals surface area contributed by atoms with Crippen LogP contribution in [0.4, 0.5) is 0 Å². The molecule has 0 radical (unpaired) electrons. The Labute approximate surface area is 142 Å². The summed E-state index contributed by atoms with van der Waals surface area (Å²) in [4.78, 5) is 29.5. The van der Waals surface area contributed by atoms with Gasteiger partial charge in [0.05, 0.1) is 0 Å². The Morgan fingerprint density at radius 3 is 2.67 bits per heavy atom. The fraction of sp³-hybridized carbons (Fsp3) is 0.722. The van der Waals surface area contributed by atoms with Crippen LogP contribution < -0.4 is 0 Å². The average molecular weight is 330 g/mol. The molecular formula is C18H26N4O2. The van der Waals surface area contributed by atoms with E-state index in [9.17, 15) is 9.59 Å². The van der Waals surface area contributed by atoms with E-state index in [4.69, 9.17) is 0 Å². The Balaban J connectivity index is 1.45. The molecule has 2 bridgehead atoms. The van der Waals surface area contributed by atoms with Crippen LogP contribution in [0, 0.1) is 18.8 Å². The highest BCUT2D eigenvalue weighted by atomic mass is 16.2. The topological polar surface area (TPSA) is 58.4 Å². The molecule has 6 heteroatoms. The lowest BCUT2D eigenvalue weighted by Crippen LogP contribution is -2.49. The van der Waals surface area contributed by atoms with Crippen molar-refractivity contribution < 1.29 is 9.59 Å². The van der Waals surface area contributed by atoms with Gasteiger partial charge in [-0.15, -0.1) is 0 Å². The molecule has 5 rings (SSSR count). The quantitative estimate of drug-likeness (QED) is 0.843. The lowest BCUT2D eigenvalue weighted by molar-refractivity contribution is -0.140. The molecule has 2 amide bonds. The van der Waals surface area contributed by atoms with Crippen molar-refractivity contribution in [2.75, 3.05) is 19.6 Å². The van der Waals surface area contributed by atoms with Crippen LogP contribution in [0.5, 0.6) is 0 Å². The first-order valence-electron chi connectivity index (χ1n) is 9.18. The fourth-order valence-corrected chi connectivity index (χ4v) is 4.26. The van der Waals surface area contributed by atoms with Crippen LogP contribution in [0.2, 0.25) is 0 Å². The van der Waals surface area contributed by atoms with Gasteiger partial charge in [0, 0.05) is 43.5 Å². The first kappa shape index (κ1) is 15.7. The molecule has 0 N–H and O–H groups in total. The lowest BCUT2D eigenvalue weighted by Gasteiger charge is -2.36. The predicted octanol–water partition coefficient (Wildman–Crippen LogP) is 1.44. The van der Waals surface area contributed by atoms with E-state index in [-0.39, 0.29) is 17.9 Å². The molecule has 1 saturated carbocycles. The Kier molecular flexibility index (Phi) is 4.06. The molecule has 0 spiro atoms. The highest BCUT2D eigenvalue weighted by molar-refractivity contribution is 5.80. The molecule has 1 aliphatic carbocycles. The Hall–Kier alpha value is -1.85. The number of nitrogens with zero attached hydrogens (tertiary/aromatic N) is 4. The number of aryl methyl sites for hydroxylation is 1. The first-order valence-corrected chi connectivity index (χ1v) is 9.18. The summed E-state index contributed by atoms with van der Waals surface area (Å²) in [6.07, 6.45) is 7.16. The van der Waals surface area contributed by atoms with Crippen LogP contribution >= 0.6 is 0 Å². The van der Waals surface area contributed by atoms with Crippen molar-refractivity contribution in [1.29, 1.82) is 0 Å². The van der Waals surface area contributed by atoms with Gasteiger partial charge in [0.25, 0.3) is 0 Å². The lowest BCUT2D eigenvalue weighted by atomic mass is 9.84. The summed E-state index contributed by atoms with van der Waals surface area (Å²) in [6.45, 7) is 4.61. The third-order valence-electron chi connectivity index (χ3n) is 6.01. The summed E-state index contributed by atoms with van der Waals surface area (Å²) in [5, 5.41) is 4.23. The summed E-state index contributed by atoms with van der Waals surface area (Å²) in [7, 11) is 0. The van der Waals surface area contributed by atoms with Gasteiger partial charge in [-0.2, -0.15) is 5.10 Å². The summed E-state index contributed by atoms with van der Waals surface area (Å²) in [5.74, 6) is 1.14. The number of amides is 2. The predicted molar refractivity (Wildman–Crippen MR) is 89.1 cm³/mol. The summed E-state index contributed by atoms with van der Waals surface area (Å²) < 4.78 is 1.76. The number of fused-ring (bicyclic) bond motifs is 4. The first-order chi connectivity index (χ1) is 11.6. The number of carbonyl (C=O) groups is 2. The van der Waals surface area contributed by atoms with Crippen LogP contribution in [0.3, 0.4) is 0 Å². The minimum absolute atomic E-state index is 0.134. The van der Waals surface area contributed by atoms with Gasteiger partial charge in [0.15, 0.2) is 0 Å². The van der Waals surface area contributed by atoms with Crippen molar-refractivity contribution in [3.8, 4) is 0 Å². The standard InChI is InChI=1S/C18H26N4O2/c1-13-7-8-19-22(13)12-17(23)21-10-14-5-6-16(21)11-20(9-14)18(24)15-3-2-4-15/h7-8,14-16H,2-6,9-12H2,1H3/t14-,16+/m0/s1. The summed E-state index contributed by atoms with van der Waals surface area (Å²) in [5.41, 5.74) is 1.00. The van der Waals surface area contributed by atoms with Crippen molar-refractivity contribution in [2.45, 2.75) is 51.6 Å². The zero-order valence-electron chi connectivity index (χ0n) is 14.4. The van der Waals surface area contributed by atoms with Crippen LogP contribution in [0.15, 0.2) is 12.3 Å². The third-order valence-corrected chi connectivity index (χ3v) is 6.01. The Bertz CT molecular complexity index is 637. The average Bonchev–Trinajstić information content (AvgIpc) is 2.74. The number of hydrogen-bond acceptors (Lipinski definition) is 3. The van der Waals surface area contributed by atoms with Crippen molar-refractivity contribution >= 4 is 11.8 Å². The van der Waals surface area contributed by atoms with E-state index >= 15 is 0 Å². The highest BCUT2D eigenvalue weighted by Crippen LogP contribution is 2.33. The number of aromatic nitrogens is 2. The number of rotatable bonds is 3. The van der Waals surface area contributed by atoms with Gasteiger partial charge in [-0.25, -0.2) is 0 Å². The maximum absolute atomic E-state index is 12.8. The molecule has 1 aromatic rings. The SMILES string of the molecule is Cc1ccnn1CC(=O)N1C[C@H]2CC[C@@H]1CN(C(=O)C1CCC1)C2. The van der Waals surface area contributed by atoms with Crippen LogP contribution in [0.25, 0.3) is 0 Å². The van der Waals surface area contributed by atoms with E-state index in [0.29, 0.717) is 18.4 Å². The molecule has 0 unspecified atom stereocenters. The van der Waals surface area contributed by atoms with E-state index < -0.39 is 0 Å². The molecule has 4 fully saturated rings. The Morgan fingerprint density at radius 1 is 1.17 bits per heavy atom. The number of hydrogen-bond donors (Lipinski definition) is 0. The summed E-state index contributed by atoms with van der Waals surface area (Å²) in [6, 6.07) is 2.09. The van der Waals surface area contributed by atoms with Gasteiger partial charge in [0.2, 0.25) is 11.8 Å². The van der Waals surface area contributed by atoms with E-state index in [1.165, 1.54) is 6.42 Å². The van der Waals surface area contributed by atoms with Gasteiger partial charge in [0.1, 0.15) is 6.54 Å². The third kappa shape index (κ3) is 2.82. The van der Waals surface area contributed by atoms with Gasteiger partial charge in [-0.05, 0) is 44.6 Å². The molecular weight excluding hydrogens is 304 g/mol. The van der Waals surface area contributed by atoms with Crippen LogP contribution in [-0.2, 0) is 16.1 Å². The van der Waals surface area contributed by atoms with Crippen LogP contribution in [0.1, 0.15) is 37.8 Å². The fourth-order valence-electron chi connectivity index (χ4n) is 4.26. The molecule has 24 heavy (non-hydrogen) atoms. The zero-order chi connectivity index (χ0) is 16.7. The van der Waals surface area contributed by atoms with Crippen molar-refractivity contribution in [3.63, 3.8) is 0 Å². The molecule has 4 heterocycles. The molecule has 3 aliphatic heterocycles. The molecule has 6 nitrogen and oxygen atoms in total. The van der Waals surface area contributed by atoms with Gasteiger partial charge in [-0.3, -0.25) is 14.3 Å². The van der Waals surface area contributed by atoms with Gasteiger partial charge >= 0.3 is 0 Å². The second kappa shape index (κ2) is 6.22. The second-order valence-electron chi connectivity index (χ2n) is 7.64. The number of piperidine rings is 1. The number of carbonyl (C=O) groups excluding carboxylic acids is 2. The van der Waals surface area contributed by atoms with Crippen molar-refractivity contribution in [3.05, 3.63) is 18.0 Å². The van der Waals surface area contributed by atoms with Crippen LogP contribution in [-0.4, -0.2) is 57.1 Å². The minimum atomic E-state index is 0.134. The van der Waals surface area contributed by atoms with Crippen molar-refractivity contribution in [2.24, 2.45) is 11.8 Å². The molecule has 2 atom stereocenters. The maximum Gasteiger partial charge on any atom is 0.244 e. The van der Waals surface area contributed by atoms with E-state index in [1.807, 2.05) is 17.9 Å². The Morgan fingerprint density at radius 2 is 2.00 bits per heavy atom. The highest BCUT2D eigenvalue weighted by Gasteiger charge is 2.40. The smallest absolute Gasteiger partial charge is 0.244 e. The van der Waals surface area contributed by atoms with E-state index in [1.54, 1.807) is 10.9 Å². The molecule has 0 aromatic carbocycles. The largest absolute Gasteiger partial charge is 0.340 e. The van der Waals surface area contributed by atoms with E-state index in [0.717, 1.165) is 51.0 Å². The van der Waals surface area contributed by atoms with E-state index in [2.05, 4.69) is 10.00 Å². The van der Waals surface area contributed by atoms with Gasteiger partial charge < -0.3 is 9.80 Å². The molecule has 130 valence electrons. The summed E-state index contributed by atoms with van der Waals surface area (Å²) >= 11 is 0. The molecule has 3 saturated heterocycles.